The maximum absolute atomic E-state index is 5.96. The molecule has 1 aromatic heterocycles. The molecule has 0 unspecified atom stereocenters. The number of nitrogens with zero attached hydrogens (tertiary/aromatic N) is 1. The Labute approximate surface area is 117 Å². The summed E-state index contributed by atoms with van der Waals surface area (Å²) in [4.78, 5) is 4.43. The van der Waals surface area contributed by atoms with Crippen LogP contribution in [0.15, 0.2) is 36.4 Å². The maximum Gasteiger partial charge on any atom is 0.0595 e. The number of pyridine rings is 1. The molecule has 1 N–H and O–H groups in total. The average Bonchev–Trinajstić information content (AvgIpc) is 2.34. The SMILES string of the molecule is Cc1cccc(CNCc2ccc(Cl)c(Cl)c2)n1. The van der Waals surface area contributed by atoms with Crippen LogP contribution in [0.5, 0.6) is 0 Å². The van der Waals surface area contributed by atoms with Crippen LogP contribution in [0.1, 0.15) is 17.0 Å². The Balaban J connectivity index is 1.90. The van der Waals surface area contributed by atoms with Crippen LogP contribution in [0.3, 0.4) is 0 Å². The second-order valence-electron chi connectivity index (χ2n) is 4.12. The molecule has 1 aromatic carbocycles. The number of aromatic nitrogens is 1. The maximum atomic E-state index is 5.96. The molecule has 0 atom stereocenters. The predicted molar refractivity (Wildman–Crippen MR) is 76.0 cm³/mol. The highest BCUT2D eigenvalue weighted by molar-refractivity contribution is 6.42. The van der Waals surface area contributed by atoms with Gasteiger partial charge in [-0.15, -0.1) is 0 Å². The summed E-state index contributed by atoms with van der Waals surface area (Å²) in [6.45, 7) is 3.47. The Kier molecular flexibility index (Phi) is 4.59. The van der Waals surface area contributed by atoms with E-state index in [0.29, 0.717) is 10.0 Å². The van der Waals surface area contributed by atoms with E-state index in [4.69, 9.17) is 23.2 Å². The second-order valence-corrected chi connectivity index (χ2v) is 4.94. The molecule has 18 heavy (non-hydrogen) atoms. The van der Waals surface area contributed by atoms with Gasteiger partial charge < -0.3 is 5.32 Å². The van der Waals surface area contributed by atoms with E-state index in [9.17, 15) is 0 Å². The number of rotatable bonds is 4. The highest BCUT2D eigenvalue weighted by Gasteiger charge is 2.00. The fraction of sp³-hybridized carbons (Fsp3) is 0.214. The molecule has 94 valence electrons. The lowest BCUT2D eigenvalue weighted by molar-refractivity contribution is 0.678. The van der Waals surface area contributed by atoms with Gasteiger partial charge >= 0.3 is 0 Å². The summed E-state index contributed by atoms with van der Waals surface area (Å²) in [7, 11) is 0. The van der Waals surface area contributed by atoms with Crippen molar-refractivity contribution in [3.8, 4) is 0 Å². The molecule has 1 heterocycles. The molecule has 2 nitrogen and oxygen atoms in total. The van der Waals surface area contributed by atoms with Crippen LogP contribution in [-0.4, -0.2) is 4.98 Å². The normalized spacial score (nSPS) is 10.6. The Hall–Kier alpha value is -1.09. The van der Waals surface area contributed by atoms with Crippen molar-refractivity contribution < 1.29 is 0 Å². The summed E-state index contributed by atoms with van der Waals surface area (Å²) in [5, 5.41) is 4.50. The van der Waals surface area contributed by atoms with Gasteiger partial charge in [-0.3, -0.25) is 4.98 Å². The highest BCUT2D eigenvalue weighted by Crippen LogP contribution is 2.22. The van der Waals surface area contributed by atoms with Crippen LogP contribution >= 0.6 is 23.2 Å². The number of benzene rings is 1. The third-order valence-corrected chi connectivity index (χ3v) is 3.30. The fourth-order valence-corrected chi connectivity index (χ4v) is 2.00. The van der Waals surface area contributed by atoms with Crippen molar-refractivity contribution in [2.24, 2.45) is 0 Å². The summed E-state index contributed by atoms with van der Waals surface area (Å²) in [6.07, 6.45) is 0. The van der Waals surface area contributed by atoms with Gasteiger partial charge in [0.25, 0.3) is 0 Å². The van der Waals surface area contributed by atoms with Gasteiger partial charge in [-0.2, -0.15) is 0 Å². The van der Waals surface area contributed by atoms with Crippen LogP contribution in [0.2, 0.25) is 10.0 Å². The molecule has 0 bridgehead atoms. The standard InChI is InChI=1S/C14H14Cl2N2/c1-10-3-2-4-12(18-10)9-17-8-11-5-6-13(15)14(16)7-11/h2-7,17H,8-9H2,1H3. The number of hydrogen-bond donors (Lipinski definition) is 1. The summed E-state index contributed by atoms with van der Waals surface area (Å²) < 4.78 is 0. The molecule has 0 saturated carbocycles. The van der Waals surface area contributed by atoms with Gasteiger partial charge in [0.2, 0.25) is 0 Å². The Morgan fingerprint density at radius 1 is 1.06 bits per heavy atom. The van der Waals surface area contributed by atoms with Gasteiger partial charge in [-0.25, -0.2) is 0 Å². The van der Waals surface area contributed by atoms with E-state index in [0.717, 1.165) is 30.0 Å². The zero-order valence-electron chi connectivity index (χ0n) is 10.1. The lowest BCUT2D eigenvalue weighted by Crippen LogP contribution is -2.13. The summed E-state index contributed by atoms with van der Waals surface area (Å²) in [5.74, 6) is 0. The number of nitrogens with one attached hydrogen (secondary N) is 1. The van der Waals surface area contributed by atoms with Gasteiger partial charge in [0, 0.05) is 18.8 Å². The fourth-order valence-electron chi connectivity index (χ4n) is 1.68. The lowest BCUT2D eigenvalue weighted by atomic mass is 10.2. The number of halogens is 2. The average molecular weight is 281 g/mol. The van der Waals surface area contributed by atoms with Crippen molar-refractivity contribution in [1.29, 1.82) is 0 Å². The van der Waals surface area contributed by atoms with Crippen LogP contribution in [0.4, 0.5) is 0 Å². The van der Waals surface area contributed by atoms with E-state index in [1.807, 2.05) is 43.3 Å². The molecule has 0 aliphatic heterocycles. The van der Waals surface area contributed by atoms with E-state index in [-0.39, 0.29) is 0 Å². The molecule has 0 fully saturated rings. The van der Waals surface area contributed by atoms with Crippen LogP contribution in [0, 0.1) is 6.92 Å². The van der Waals surface area contributed by atoms with Gasteiger partial charge in [0.05, 0.1) is 15.7 Å². The summed E-state index contributed by atoms with van der Waals surface area (Å²) in [6, 6.07) is 11.7. The molecular formula is C14H14Cl2N2. The van der Waals surface area contributed by atoms with E-state index in [2.05, 4.69) is 10.3 Å². The van der Waals surface area contributed by atoms with Crippen LogP contribution in [0.25, 0.3) is 0 Å². The first kappa shape index (κ1) is 13.3. The molecule has 4 heteroatoms. The molecule has 0 amide bonds. The minimum atomic E-state index is 0.584. The monoisotopic (exact) mass is 280 g/mol. The molecule has 0 aliphatic carbocycles. The van der Waals surface area contributed by atoms with Crippen molar-refractivity contribution in [2.45, 2.75) is 20.0 Å². The first-order chi connectivity index (χ1) is 8.65. The largest absolute Gasteiger partial charge is 0.307 e. The minimum Gasteiger partial charge on any atom is -0.307 e. The smallest absolute Gasteiger partial charge is 0.0595 e. The van der Waals surface area contributed by atoms with Crippen molar-refractivity contribution >= 4 is 23.2 Å². The third-order valence-electron chi connectivity index (χ3n) is 2.57. The highest BCUT2D eigenvalue weighted by atomic mass is 35.5. The van der Waals surface area contributed by atoms with Crippen molar-refractivity contribution in [1.82, 2.24) is 10.3 Å². The lowest BCUT2D eigenvalue weighted by Gasteiger charge is -2.06. The molecule has 2 aromatic rings. The Morgan fingerprint density at radius 3 is 2.61 bits per heavy atom. The quantitative estimate of drug-likeness (QED) is 0.916. The summed E-state index contributed by atoms with van der Waals surface area (Å²) in [5.41, 5.74) is 3.18. The van der Waals surface area contributed by atoms with E-state index in [1.165, 1.54) is 0 Å². The van der Waals surface area contributed by atoms with Gasteiger partial charge in [-0.05, 0) is 36.8 Å². The van der Waals surface area contributed by atoms with Crippen LogP contribution in [-0.2, 0) is 13.1 Å². The molecule has 0 aliphatic rings. The first-order valence-corrected chi connectivity index (χ1v) is 6.48. The van der Waals surface area contributed by atoms with E-state index >= 15 is 0 Å². The van der Waals surface area contributed by atoms with Gasteiger partial charge in [-0.1, -0.05) is 35.3 Å². The summed E-state index contributed by atoms with van der Waals surface area (Å²) >= 11 is 11.8. The van der Waals surface area contributed by atoms with E-state index < -0.39 is 0 Å². The molecule has 0 spiro atoms. The third kappa shape index (κ3) is 3.70. The van der Waals surface area contributed by atoms with Gasteiger partial charge in [0.1, 0.15) is 0 Å². The van der Waals surface area contributed by atoms with Crippen molar-refractivity contribution in [2.75, 3.05) is 0 Å². The number of aryl methyl sites for hydroxylation is 1. The molecule has 2 rings (SSSR count). The second kappa shape index (κ2) is 6.19. The van der Waals surface area contributed by atoms with Crippen molar-refractivity contribution in [3.63, 3.8) is 0 Å². The molecular weight excluding hydrogens is 267 g/mol. The Bertz CT molecular complexity index is 541. The topological polar surface area (TPSA) is 24.9 Å². The first-order valence-electron chi connectivity index (χ1n) is 5.72. The zero-order valence-corrected chi connectivity index (χ0v) is 11.6. The van der Waals surface area contributed by atoms with Crippen LogP contribution < -0.4 is 5.32 Å². The van der Waals surface area contributed by atoms with Gasteiger partial charge in [0.15, 0.2) is 0 Å². The molecule has 0 radical (unpaired) electrons. The predicted octanol–water partition coefficient (Wildman–Crippen LogP) is 3.99. The molecule has 0 saturated heterocycles. The number of hydrogen-bond acceptors (Lipinski definition) is 2. The van der Waals surface area contributed by atoms with Crippen molar-refractivity contribution in [3.05, 3.63) is 63.4 Å². The Morgan fingerprint density at radius 2 is 1.89 bits per heavy atom. The van der Waals surface area contributed by atoms with E-state index in [1.54, 1.807) is 0 Å². The minimum absolute atomic E-state index is 0.584. The zero-order chi connectivity index (χ0) is 13.0.